The summed E-state index contributed by atoms with van der Waals surface area (Å²) in [6.45, 7) is 0. The van der Waals surface area contributed by atoms with Crippen LogP contribution in [0.2, 0.25) is 0 Å². The largest absolute Gasteiger partial charge is 0.456 e. The first-order valence-corrected chi connectivity index (χ1v) is 14.2. The van der Waals surface area contributed by atoms with E-state index in [0.29, 0.717) is 0 Å². The van der Waals surface area contributed by atoms with Gasteiger partial charge in [0.1, 0.15) is 11.5 Å². The van der Waals surface area contributed by atoms with Gasteiger partial charge in [0.05, 0.1) is 23.3 Å². The Labute approximate surface area is 245 Å². The molecule has 7 heteroatoms. The van der Waals surface area contributed by atoms with E-state index in [4.69, 9.17) is 27.8 Å². The Morgan fingerprint density at radius 2 is 0.833 bits per heavy atom. The molecule has 1 aromatic heterocycles. The fourth-order valence-electron chi connectivity index (χ4n) is 4.38. The molecule has 0 N–H and O–H groups in total. The van der Waals surface area contributed by atoms with Crippen molar-refractivity contribution in [2.24, 2.45) is 0 Å². The molecule has 1 aliphatic rings. The molecule has 6 nitrogen and oxygen atoms in total. The van der Waals surface area contributed by atoms with E-state index in [9.17, 15) is 0 Å². The van der Waals surface area contributed by atoms with Crippen molar-refractivity contribution < 1.29 is 38.0 Å². The van der Waals surface area contributed by atoms with Crippen LogP contribution in [-0.2, 0) is 4.74 Å². The molecule has 0 atom stereocenters. The molecule has 6 rings (SSSR count). The molecule has 0 aliphatic carbocycles. The molecule has 208 valence electrons. The SMILES string of the molecule is C(=C1C=C(c2ccccc2)OC(c2ccccc2)=C1)c1cc(-c2ccccc2)[o+]c(-c2ccccc2)c1.[O-][Cl+3]([O-])([O-])[O-]. The number of benzene rings is 4. The van der Waals surface area contributed by atoms with Crippen molar-refractivity contribution in [3.05, 3.63) is 168 Å². The van der Waals surface area contributed by atoms with Crippen LogP contribution in [0.5, 0.6) is 0 Å². The van der Waals surface area contributed by atoms with E-state index in [1.807, 2.05) is 72.8 Å². The van der Waals surface area contributed by atoms with Gasteiger partial charge in [-0.3, -0.25) is 0 Å². The van der Waals surface area contributed by atoms with Crippen molar-refractivity contribution in [3.63, 3.8) is 0 Å². The molecule has 0 amide bonds. The highest BCUT2D eigenvalue weighted by molar-refractivity contribution is 5.81. The molecule has 0 saturated heterocycles. The van der Waals surface area contributed by atoms with Crippen LogP contribution in [-0.4, -0.2) is 0 Å². The van der Waals surface area contributed by atoms with Gasteiger partial charge in [0.15, 0.2) is 0 Å². The van der Waals surface area contributed by atoms with Crippen molar-refractivity contribution in [3.8, 4) is 22.6 Å². The summed E-state index contributed by atoms with van der Waals surface area (Å²) in [5.74, 6) is 3.28. The van der Waals surface area contributed by atoms with Crippen molar-refractivity contribution in [2.75, 3.05) is 0 Å². The minimum atomic E-state index is -4.94. The maximum absolute atomic E-state index is 8.49. The quantitative estimate of drug-likeness (QED) is 0.282. The van der Waals surface area contributed by atoms with Gasteiger partial charge in [0.2, 0.25) is 0 Å². The van der Waals surface area contributed by atoms with Gasteiger partial charge in [-0.1, -0.05) is 97.1 Å². The predicted octanol–water partition coefficient (Wildman–Crippen LogP) is 4.63. The summed E-state index contributed by atoms with van der Waals surface area (Å²) >= 11 is 0. The molecule has 4 aromatic carbocycles. The summed E-state index contributed by atoms with van der Waals surface area (Å²) < 4.78 is 46.7. The smallest absolute Gasteiger partial charge is 0.361 e. The average Bonchev–Trinajstić information content (AvgIpc) is 3.02. The highest BCUT2D eigenvalue weighted by Gasteiger charge is 2.20. The van der Waals surface area contributed by atoms with E-state index < -0.39 is 10.2 Å². The van der Waals surface area contributed by atoms with E-state index in [-0.39, 0.29) is 0 Å². The number of allylic oxidation sites excluding steroid dienone is 3. The van der Waals surface area contributed by atoms with Gasteiger partial charge in [-0.15, -0.1) is 10.2 Å². The number of ether oxygens (including phenoxy) is 1. The van der Waals surface area contributed by atoms with Crippen LogP contribution in [0.25, 0.3) is 40.2 Å². The van der Waals surface area contributed by atoms with Gasteiger partial charge in [0, 0.05) is 11.1 Å². The molecule has 5 aromatic rings. The Balaban J connectivity index is 0.000000652. The second-order valence-corrected chi connectivity index (χ2v) is 9.98. The van der Waals surface area contributed by atoms with Crippen LogP contribution in [0.15, 0.2) is 156 Å². The van der Waals surface area contributed by atoms with Crippen LogP contribution in [0.3, 0.4) is 0 Å². The Morgan fingerprint density at radius 1 is 0.500 bits per heavy atom. The van der Waals surface area contributed by atoms with E-state index in [1.165, 1.54) is 0 Å². The van der Waals surface area contributed by atoms with E-state index in [1.54, 1.807) is 0 Å². The zero-order valence-corrected chi connectivity index (χ0v) is 23.0. The zero-order valence-electron chi connectivity index (χ0n) is 22.3. The third kappa shape index (κ3) is 8.11. The summed E-state index contributed by atoms with van der Waals surface area (Å²) in [6, 6.07) is 45.0. The van der Waals surface area contributed by atoms with Gasteiger partial charge >= 0.3 is 11.5 Å². The molecule has 0 saturated carbocycles. The van der Waals surface area contributed by atoms with Crippen molar-refractivity contribution >= 4 is 17.6 Å². The van der Waals surface area contributed by atoms with Crippen molar-refractivity contribution in [1.82, 2.24) is 0 Å². The average molecular weight is 577 g/mol. The first kappa shape index (κ1) is 28.7. The first-order valence-electron chi connectivity index (χ1n) is 13.0. The summed E-state index contributed by atoms with van der Waals surface area (Å²) in [7, 11) is -4.94. The lowest BCUT2D eigenvalue weighted by Gasteiger charge is -2.19. The first-order chi connectivity index (χ1) is 20.3. The maximum Gasteiger partial charge on any atom is 0.361 e. The molecule has 0 bridgehead atoms. The molecule has 1 aliphatic heterocycles. The molecule has 0 radical (unpaired) electrons. The van der Waals surface area contributed by atoms with Crippen LogP contribution in [0.1, 0.15) is 16.7 Å². The second-order valence-electron chi connectivity index (χ2n) is 9.22. The Bertz CT molecular complexity index is 1590. The monoisotopic (exact) mass is 576 g/mol. The summed E-state index contributed by atoms with van der Waals surface area (Å²) in [5, 5.41) is 0. The number of halogens is 1. The van der Waals surface area contributed by atoms with Crippen LogP contribution in [0.4, 0.5) is 0 Å². The summed E-state index contributed by atoms with van der Waals surface area (Å²) in [5.41, 5.74) is 6.24. The molecular weight excluding hydrogens is 552 g/mol. The summed E-state index contributed by atoms with van der Waals surface area (Å²) in [4.78, 5) is 0. The van der Waals surface area contributed by atoms with Gasteiger partial charge in [-0.25, -0.2) is 23.1 Å². The minimum Gasteiger partial charge on any atom is -0.456 e. The van der Waals surface area contributed by atoms with Crippen molar-refractivity contribution in [2.45, 2.75) is 0 Å². The Hall–Kier alpha value is -4.82. The zero-order chi connectivity index (χ0) is 29.4. The lowest BCUT2D eigenvalue weighted by Crippen LogP contribution is -2.68. The number of hydrogen-bond donors (Lipinski definition) is 0. The van der Waals surface area contributed by atoms with E-state index in [0.717, 1.165) is 56.4 Å². The van der Waals surface area contributed by atoms with Gasteiger partial charge in [-0.2, -0.15) is 0 Å². The maximum atomic E-state index is 8.49. The van der Waals surface area contributed by atoms with Gasteiger partial charge in [0.25, 0.3) is 0 Å². The van der Waals surface area contributed by atoms with Crippen LogP contribution in [0, 0.1) is 10.2 Å². The third-order valence-corrected chi connectivity index (χ3v) is 6.20. The predicted molar refractivity (Wildman–Crippen MR) is 152 cm³/mol. The Morgan fingerprint density at radius 3 is 1.19 bits per heavy atom. The highest BCUT2D eigenvalue weighted by atomic mass is 35.7. The summed E-state index contributed by atoms with van der Waals surface area (Å²) in [6.07, 6.45) is 6.37. The molecule has 2 heterocycles. The lowest BCUT2D eigenvalue weighted by molar-refractivity contribution is -2.00. The molecular formula is C35H25ClO6. The van der Waals surface area contributed by atoms with Crippen molar-refractivity contribution in [1.29, 1.82) is 0 Å². The fraction of sp³-hybridized carbons (Fsp3) is 0. The van der Waals surface area contributed by atoms with E-state index in [2.05, 4.69) is 78.9 Å². The van der Waals surface area contributed by atoms with Gasteiger partial charge in [-0.05, 0) is 53.6 Å². The fourth-order valence-corrected chi connectivity index (χ4v) is 4.38. The lowest BCUT2D eigenvalue weighted by atomic mass is 10.0. The molecule has 0 fully saturated rings. The minimum absolute atomic E-state index is 0.820. The van der Waals surface area contributed by atoms with Crippen LogP contribution >= 0.6 is 0 Å². The van der Waals surface area contributed by atoms with Crippen LogP contribution < -0.4 is 18.6 Å². The number of hydrogen-bond acceptors (Lipinski definition) is 5. The Kier molecular flexibility index (Phi) is 9.04. The normalized spacial score (nSPS) is 12.7. The topological polar surface area (TPSA) is 113 Å². The molecule has 0 spiro atoms. The molecule has 0 unspecified atom stereocenters. The van der Waals surface area contributed by atoms with E-state index >= 15 is 0 Å². The third-order valence-electron chi connectivity index (χ3n) is 6.20. The molecule has 42 heavy (non-hydrogen) atoms. The standard InChI is InChI=1S/C35H25O2.ClHO4/c1-5-13-28(14-6-1)32-22-26(23-33(36-32)29-15-7-2-8-16-29)21-27-24-34(30-17-9-3-10-18-30)37-35(25-27)31-19-11-4-12-20-31;2-1(3,4)5/h1-25H;(H,2,3,4,5)/q+1;/p-1. The number of rotatable bonds is 5. The second kappa shape index (κ2) is 13.2. The van der Waals surface area contributed by atoms with Gasteiger partial charge < -0.3 is 4.74 Å². The highest BCUT2D eigenvalue weighted by Crippen LogP contribution is 2.34.